The topological polar surface area (TPSA) is 217 Å². The molecular formula is C30H30O15. The van der Waals surface area contributed by atoms with Crippen molar-refractivity contribution < 1.29 is 73.1 Å². The van der Waals surface area contributed by atoms with Gasteiger partial charge in [-0.05, 0) is 54.6 Å². The Morgan fingerprint density at radius 3 is 1.49 bits per heavy atom. The van der Waals surface area contributed by atoms with Crippen LogP contribution in [0.15, 0.2) is 54.6 Å². The van der Waals surface area contributed by atoms with E-state index in [1.807, 2.05) is 0 Å². The normalized spacial score (nSPS) is 20.9. The van der Waals surface area contributed by atoms with E-state index >= 15 is 0 Å². The maximum absolute atomic E-state index is 12.9. The van der Waals surface area contributed by atoms with Crippen LogP contribution in [0.5, 0.6) is 34.5 Å². The molecule has 1 heterocycles. The molecule has 1 aliphatic rings. The summed E-state index contributed by atoms with van der Waals surface area (Å²) in [5.41, 5.74) is -0.424. The van der Waals surface area contributed by atoms with E-state index in [2.05, 4.69) is 0 Å². The van der Waals surface area contributed by atoms with Crippen LogP contribution in [0.2, 0.25) is 0 Å². The number of carbonyl (C=O) groups excluding carboxylic acids is 3. The first-order valence-corrected chi connectivity index (χ1v) is 13.2. The molecule has 4 rings (SSSR count). The number of carbonyl (C=O) groups is 3. The van der Waals surface area contributed by atoms with Crippen molar-refractivity contribution in [2.24, 2.45) is 0 Å². The lowest BCUT2D eigenvalue weighted by atomic mass is 9.98. The quantitative estimate of drug-likeness (QED) is 0.158. The van der Waals surface area contributed by atoms with E-state index in [1.165, 1.54) is 57.7 Å². The Kier molecular flexibility index (Phi) is 10.2. The predicted molar refractivity (Wildman–Crippen MR) is 150 cm³/mol. The van der Waals surface area contributed by atoms with Crippen LogP contribution in [0.4, 0.5) is 0 Å². The molecule has 3 aromatic carbocycles. The van der Waals surface area contributed by atoms with Crippen molar-refractivity contribution in [3.8, 4) is 34.5 Å². The van der Waals surface area contributed by atoms with E-state index in [4.69, 9.17) is 33.2 Å². The Balaban J connectivity index is 1.56. The first kappa shape index (κ1) is 32.7. The summed E-state index contributed by atoms with van der Waals surface area (Å²) in [7, 11) is 3.94. The maximum atomic E-state index is 12.9. The third-order valence-corrected chi connectivity index (χ3v) is 6.73. The summed E-state index contributed by atoms with van der Waals surface area (Å²) in [5.74, 6) is -3.96. The average molecular weight is 631 g/mol. The van der Waals surface area contributed by atoms with Crippen LogP contribution in [0, 0.1) is 0 Å². The minimum Gasteiger partial charge on any atom is -0.504 e. The van der Waals surface area contributed by atoms with Gasteiger partial charge in [-0.2, -0.15) is 0 Å². The number of hydrogen-bond acceptors (Lipinski definition) is 15. The van der Waals surface area contributed by atoms with Crippen molar-refractivity contribution in [1.82, 2.24) is 0 Å². The van der Waals surface area contributed by atoms with Crippen LogP contribution < -0.4 is 14.2 Å². The molecule has 1 aliphatic heterocycles. The lowest BCUT2D eigenvalue weighted by Crippen LogP contribution is -2.61. The third kappa shape index (κ3) is 7.29. The molecule has 1 saturated heterocycles. The van der Waals surface area contributed by atoms with Gasteiger partial charge in [0.15, 0.2) is 46.7 Å². The number of aliphatic hydroxyl groups is 2. The molecule has 15 heteroatoms. The zero-order valence-corrected chi connectivity index (χ0v) is 24.1. The highest BCUT2D eigenvalue weighted by molar-refractivity contribution is 5.91. The number of aromatic hydroxyl groups is 3. The van der Waals surface area contributed by atoms with Gasteiger partial charge in [-0.25, -0.2) is 14.4 Å². The monoisotopic (exact) mass is 630 g/mol. The summed E-state index contributed by atoms with van der Waals surface area (Å²) in [6.45, 7) is -0.686. The largest absolute Gasteiger partial charge is 0.504 e. The van der Waals surface area contributed by atoms with Crippen LogP contribution in [0.25, 0.3) is 0 Å². The number of methoxy groups -OCH3 is 3. The van der Waals surface area contributed by atoms with E-state index in [0.717, 1.165) is 18.2 Å². The number of hydrogen-bond donors (Lipinski definition) is 5. The van der Waals surface area contributed by atoms with Gasteiger partial charge in [-0.1, -0.05) is 0 Å². The Labute approximate surface area is 255 Å². The molecule has 0 unspecified atom stereocenters. The van der Waals surface area contributed by atoms with Gasteiger partial charge in [0.1, 0.15) is 18.8 Å². The number of phenolic OH excluding ortho intramolecular Hbond substituents is 3. The van der Waals surface area contributed by atoms with E-state index in [9.17, 15) is 39.9 Å². The molecule has 240 valence electrons. The second-order valence-electron chi connectivity index (χ2n) is 9.56. The van der Waals surface area contributed by atoms with Crippen molar-refractivity contribution >= 4 is 17.9 Å². The van der Waals surface area contributed by atoms with Crippen LogP contribution in [0.1, 0.15) is 31.1 Å². The highest BCUT2D eigenvalue weighted by Gasteiger charge is 2.49. The molecule has 45 heavy (non-hydrogen) atoms. The lowest BCUT2D eigenvalue weighted by molar-refractivity contribution is -0.284. The van der Waals surface area contributed by atoms with Gasteiger partial charge in [0.25, 0.3) is 0 Å². The van der Waals surface area contributed by atoms with Crippen LogP contribution in [-0.4, -0.2) is 102 Å². The van der Waals surface area contributed by atoms with Gasteiger partial charge in [0.2, 0.25) is 6.29 Å². The molecular weight excluding hydrogens is 600 g/mol. The summed E-state index contributed by atoms with van der Waals surface area (Å²) in [6, 6.07) is 10.9. The van der Waals surface area contributed by atoms with Gasteiger partial charge in [-0.3, -0.25) is 0 Å². The second kappa shape index (κ2) is 14.0. The Hall–Kier alpha value is -5.25. The van der Waals surface area contributed by atoms with Crippen molar-refractivity contribution in [1.29, 1.82) is 0 Å². The Morgan fingerprint density at radius 2 is 1.07 bits per heavy atom. The molecule has 15 nitrogen and oxygen atoms in total. The molecule has 0 aliphatic carbocycles. The Morgan fingerprint density at radius 1 is 0.644 bits per heavy atom. The van der Waals surface area contributed by atoms with Crippen molar-refractivity contribution in [3.63, 3.8) is 0 Å². The lowest BCUT2D eigenvalue weighted by Gasteiger charge is -2.41. The number of esters is 3. The molecule has 0 bridgehead atoms. The number of rotatable bonds is 10. The van der Waals surface area contributed by atoms with Crippen molar-refractivity contribution in [3.05, 3.63) is 71.3 Å². The van der Waals surface area contributed by atoms with Gasteiger partial charge >= 0.3 is 17.9 Å². The molecule has 1 fully saturated rings. The Bertz CT molecular complexity index is 1550. The summed E-state index contributed by atoms with van der Waals surface area (Å²) >= 11 is 0. The van der Waals surface area contributed by atoms with Gasteiger partial charge in [0, 0.05) is 0 Å². The zero-order chi connectivity index (χ0) is 32.8. The average Bonchev–Trinajstić information content (AvgIpc) is 3.03. The van der Waals surface area contributed by atoms with Gasteiger partial charge in [0.05, 0.1) is 38.0 Å². The van der Waals surface area contributed by atoms with Gasteiger partial charge in [-0.15, -0.1) is 0 Å². The third-order valence-electron chi connectivity index (χ3n) is 6.73. The highest BCUT2D eigenvalue weighted by atomic mass is 16.7. The van der Waals surface area contributed by atoms with Gasteiger partial charge < -0.3 is 58.7 Å². The summed E-state index contributed by atoms with van der Waals surface area (Å²) < 4.78 is 36.3. The summed E-state index contributed by atoms with van der Waals surface area (Å²) in [6.07, 6.45) is -8.98. The number of aliphatic hydroxyl groups excluding tert-OH is 2. The minimum absolute atomic E-state index is 0.0706. The fourth-order valence-corrected chi connectivity index (χ4v) is 4.33. The number of ether oxygens (including phenoxy) is 7. The fourth-order valence-electron chi connectivity index (χ4n) is 4.33. The first-order chi connectivity index (χ1) is 21.5. The molecule has 0 amide bonds. The molecule has 5 atom stereocenters. The highest BCUT2D eigenvalue weighted by Crippen LogP contribution is 2.31. The summed E-state index contributed by atoms with van der Waals surface area (Å²) in [5, 5.41) is 52.1. The van der Waals surface area contributed by atoms with Crippen molar-refractivity contribution in [2.45, 2.75) is 30.7 Å². The van der Waals surface area contributed by atoms with E-state index in [1.54, 1.807) is 0 Å². The molecule has 0 saturated carbocycles. The zero-order valence-electron chi connectivity index (χ0n) is 24.1. The molecule has 0 spiro atoms. The molecule has 0 radical (unpaired) electrons. The standard InChI is InChI=1S/C30H30O15/c1-39-20-7-4-14(10-17(20)31)27(36)42-13-23-24(34)26(44-28(37)15-5-8-21(40-2)18(32)11-15)25(35)30(43-23)45-29(38)16-6-9-22(41-3)19(33)12-16/h4-12,23-26,30-35H,13H2,1-3H3/t23-,24-,25-,26+,30+/m1/s1. The minimum atomic E-state index is -1.96. The number of phenols is 3. The van der Waals surface area contributed by atoms with E-state index in [-0.39, 0.29) is 51.2 Å². The van der Waals surface area contributed by atoms with E-state index in [0.29, 0.717) is 0 Å². The predicted octanol–water partition coefficient (Wildman–Crippen LogP) is 1.52. The van der Waals surface area contributed by atoms with Crippen LogP contribution in [0.3, 0.4) is 0 Å². The molecule has 3 aromatic rings. The number of benzene rings is 3. The molecule has 0 aromatic heterocycles. The smallest absolute Gasteiger partial charge is 0.340 e. The second-order valence-corrected chi connectivity index (χ2v) is 9.56. The first-order valence-electron chi connectivity index (χ1n) is 13.2. The fraction of sp³-hybridized carbons (Fsp3) is 0.300. The maximum Gasteiger partial charge on any atom is 0.340 e. The van der Waals surface area contributed by atoms with Crippen LogP contribution >= 0.6 is 0 Å². The van der Waals surface area contributed by atoms with Crippen molar-refractivity contribution in [2.75, 3.05) is 27.9 Å². The van der Waals surface area contributed by atoms with E-state index < -0.39 is 55.2 Å². The summed E-state index contributed by atoms with van der Waals surface area (Å²) in [4.78, 5) is 38.5. The van der Waals surface area contributed by atoms with Crippen LogP contribution in [-0.2, 0) is 18.9 Å². The molecule has 5 N–H and O–H groups in total. The SMILES string of the molecule is COc1ccc(C(=O)OC[C@H]2O[C@@H](OC(=O)c3ccc(OC)c(O)c3)[C@H](O)[C@@H](OC(=O)c3ccc(OC)c(O)c3)[C@@H]2O)cc1O.